The molecule has 0 saturated carbocycles. The van der Waals surface area contributed by atoms with Gasteiger partial charge in [-0.15, -0.1) is 0 Å². The summed E-state index contributed by atoms with van der Waals surface area (Å²) < 4.78 is 5.28. The van der Waals surface area contributed by atoms with E-state index in [9.17, 15) is 9.59 Å². The third-order valence-electron chi connectivity index (χ3n) is 3.28. The summed E-state index contributed by atoms with van der Waals surface area (Å²) in [7, 11) is 1.53. The van der Waals surface area contributed by atoms with Crippen LogP contribution in [0.4, 0.5) is 0 Å². The summed E-state index contributed by atoms with van der Waals surface area (Å²) in [5.41, 5.74) is 5.82. The predicted octanol–water partition coefficient (Wildman–Crippen LogP) is 1.80. The predicted molar refractivity (Wildman–Crippen MR) is 76.1 cm³/mol. The van der Waals surface area contributed by atoms with Gasteiger partial charge in [-0.25, -0.2) is 0 Å². The number of rotatable bonds is 4. The summed E-state index contributed by atoms with van der Waals surface area (Å²) in [4.78, 5) is 24.3. The molecular weight excluding hydrogens is 303 g/mol. The number of ether oxygens (including phenoxy) is 1. The highest BCUT2D eigenvalue weighted by Crippen LogP contribution is 2.41. The lowest BCUT2D eigenvalue weighted by atomic mass is 9.97. The molecule has 7 heteroatoms. The normalized spacial score (nSPS) is 18.4. The number of amides is 2. The molecule has 108 valence electrons. The molecule has 1 atom stereocenters. The lowest BCUT2D eigenvalue weighted by molar-refractivity contribution is -0.132. The van der Waals surface area contributed by atoms with Gasteiger partial charge in [0.25, 0.3) is 0 Å². The first-order chi connectivity index (χ1) is 9.43. The standard InChI is InChI=1S/C13H14Cl2N2O3/c1-20-9-3-2-8(14)13(15)12(9)7-4-11(19)17(5-7)6-10(16)18/h2-3,7H,4-6H2,1H3,(H2,16,18). The van der Waals surface area contributed by atoms with Gasteiger partial charge in [0, 0.05) is 24.4 Å². The van der Waals surface area contributed by atoms with E-state index < -0.39 is 5.91 Å². The van der Waals surface area contributed by atoms with Crippen molar-refractivity contribution < 1.29 is 14.3 Å². The summed E-state index contributed by atoms with van der Waals surface area (Å²) in [6.07, 6.45) is 0.254. The summed E-state index contributed by atoms with van der Waals surface area (Å²) in [5.74, 6) is -0.254. The van der Waals surface area contributed by atoms with Gasteiger partial charge < -0.3 is 15.4 Å². The van der Waals surface area contributed by atoms with Crippen LogP contribution < -0.4 is 10.5 Å². The second kappa shape index (κ2) is 5.89. The number of hydrogen-bond acceptors (Lipinski definition) is 3. The minimum absolute atomic E-state index is 0.0875. The van der Waals surface area contributed by atoms with Crippen molar-refractivity contribution in [2.45, 2.75) is 12.3 Å². The van der Waals surface area contributed by atoms with Crippen LogP contribution in [0, 0.1) is 0 Å². The number of benzene rings is 1. The lowest BCUT2D eigenvalue weighted by Gasteiger charge is -2.18. The monoisotopic (exact) mass is 316 g/mol. The van der Waals surface area contributed by atoms with Crippen LogP contribution >= 0.6 is 23.2 Å². The number of primary amides is 1. The fraction of sp³-hybridized carbons (Fsp3) is 0.385. The van der Waals surface area contributed by atoms with Crippen molar-refractivity contribution in [1.29, 1.82) is 0 Å². The molecule has 0 radical (unpaired) electrons. The van der Waals surface area contributed by atoms with E-state index in [1.165, 1.54) is 12.0 Å². The molecule has 1 aromatic rings. The van der Waals surface area contributed by atoms with Crippen molar-refractivity contribution in [1.82, 2.24) is 4.90 Å². The maximum absolute atomic E-state index is 11.9. The molecule has 1 unspecified atom stereocenters. The average Bonchev–Trinajstić information content (AvgIpc) is 2.73. The Morgan fingerprint density at radius 2 is 2.20 bits per heavy atom. The Labute approximate surface area is 126 Å². The highest BCUT2D eigenvalue weighted by Gasteiger charge is 2.34. The highest BCUT2D eigenvalue weighted by molar-refractivity contribution is 6.42. The number of methoxy groups -OCH3 is 1. The maximum atomic E-state index is 11.9. The second-order valence-corrected chi connectivity index (χ2v) is 5.40. The van der Waals surface area contributed by atoms with Crippen molar-refractivity contribution >= 4 is 35.0 Å². The van der Waals surface area contributed by atoms with Crippen molar-refractivity contribution in [3.63, 3.8) is 0 Å². The number of nitrogens with two attached hydrogens (primary N) is 1. The van der Waals surface area contributed by atoms with Crippen molar-refractivity contribution in [3.8, 4) is 5.75 Å². The fourth-order valence-corrected chi connectivity index (χ4v) is 2.89. The first-order valence-electron chi connectivity index (χ1n) is 6.02. The Hall–Kier alpha value is -1.46. The Morgan fingerprint density at radius 3 is 2.80 bits per heavy atom. The maximum Gasteiger partial charge on any atom is 0.237 e. The van der Waals surface area contributed by atoms with Gasteiger partial charge in [-0.1, -0.05) is 23.2 Å². The van der Waals surface area contributed by atoms with E-state index in [1.54, 1.807) is 12.1 Å². The smallest absolute Gasteiger partial charge is 0.237 e. The minimum atomic E-state index is -0.539. The van der Waals surface area contributed by atoms with E-state index in [2.05, 4.69) is 0 Å². The second-order valence-electron chi connectivity index (χ2n) is 4.62. The topological polar surface area (TPSA) is 72.6 Å². The molecule has 2 N–H and O–H groups in total. The largest absolute Gasteiger partial charge is 0.496 e. The summed E-state index contributed by atoms with van der Waals surface area (Å²) in [6.45, 7) is 0.286. The SMILES string of the molecule is COc1ccc(Cl)c(Cl)c1C1CC(=O)N(CC(N)=O)C1. The summed E-state index contributed by atoms with van der Waals surface area (Å²) in [6, 6.07) is 3.36. The molecule has 0 spiro atoms. The van der Waals surface area contributed by atoms with E-state index in [0.29, 0.717) is 27.9 Å². The van der Waals surface area contributed by atoms with Gasteiger partial charge in [0.15, 0.2) is 0 Å². The van der Waals surface area contributed by atoms with Crippen LogP contribution in [0.25, 0.3) is 0 Å². The van der Waals surface area contributed by atoms with Crippen molar-refractivity contribution in [2.75, 3.05) is 20.2 Å². The lowest BCUT2D eigenvalue weighted by Crippen LogP contribution is -2.34. The van der Waals surface area contributed by atoms with Gasteiger partial charge in [-0.2, -0.15) is 0 Å². The molecule has 2 amide bonds. The van der Waals surface area contributed by atoms with E-state index in [0.717, 1.165) is 0 Å². The number of halogens is 2. The number of nitrogens with zero attached hydrogens (tertiary/aromatic N) is 1. The zero-order valence-corrected chi connectivity index (χ0v) is 12.4. The van der Waals surface area contributed by atoms with Crippen LogP contribution in [-0.4, -0.2) is 36.9 Å². The van der Waals surface area contributed by atoms with Crippen LogP contribution in [0.5, 0.6) is 5.75 Å². The number of hydrogen-bond donors (Lipinski definition) is 1. The summed E-state index contributed by atoms with van der Waals surface area (Å²) in [5, 5.41) is 0.785. The molecule has 2 rings (SSSR count). The summed E-state index contributed by atoms with van der Waals surface area (Å²) >= 11 is 12.2. The molecule has 0 aromatic heterocycles. The fourth-order valence-electron chi connectivity index (χ4n) is 2.41. The first-order valence-corrected chi connectivity index (χ1v) is 6.77. The third kappa shape index (κ3) is 2.83. The molecule has 1 aromatic carbocycles. The van der Waals surface area contributed by atoms with Gasteiger partial charge >= 0.3 is 0 Å². The quantitative estimate of drug-likeness (QED) is 0.920. The van der Waals surface area contributed by atoms with Gasteiger partial charge in [0.1, 0.15) is 5.75 Å². The molecule has 1 aliphatic heterocycles. The number of carbonyl (C=O) groups excluding carboxylic acids is 2. The Kier molecular flexibility index (Phi) is 4.40. The Balaban J connectivity index is 2.32. The van der Waals surface area contributed by atoms with E-state index in [-0.39, 0.29) is 24.8 Å². The molecule has 1 fully saturated rings. The first kappa shape index (κ1) is 14.9. The zero-order valence-electron chi connectivity index (χ0n) is 10.9. The van der Waals surface area contributed by atoms with Gasteiger partial charge in [-0.05, 0) is 12.1 Å². The van der Waals surface area contributed by atoms with Crippen LogP contribution in [0.3, 0.4) is 0 Å². The molecule has 1 aliphatic rings. The molecular formula is C13H14Cl2N2O3. The Bertz CT molecular complexity index is 563. The van der Waals surface area contributed by atoms with Crippen molar-refractivity contribution in [3.05, 3.63) is 27.7 Å². The molecule has 0 aliphatic carbocycles. The van der Waals surface area contributed by atoms with Crippen LogP contribution in [-0.2, 0) is 9.59 Å². The Morgan fingerprint density at radius 1 is 1.50 bits per heavy atom. The average molecular weight is 317 g/mol. The van der Waals surface area contributed by atoms with Crippen molar-refractivity contribution in [2.24, 2.45) is 5.73 Å². The zero-order chi connectivity index (χ0) is 14.9. The van der Waals surface area contributed by atoms with Gasteiger partial charge in [0.2, 0.25) is 11.8 Å². The van der Waals surface area contributed by atoms with Crippen LogP contribution in [0.1, 0.15) is 17.9 Å². The third-order valence-corrected chi connectivity index (χ3v) is 4.10. The van der Waals surface area contributed by atoms with Crippen LogP contribution in [0.2, 0.25) is 10.0 Å². The van der Waals surface area contributed by atoms with Gasteiger partial charge in [0.05, 0.1) is 23.7 Å². The molecule has 1 saturated heterocycles. The van der Waals surface area contributed by atoms with E-state index in [4.69, 9.17) is 33.7 Å². The number of carbonyl (C=O) groups is 2. The molecule has 1 heterocycles. The van der Waals surface area contributed by atoms with Crippen LogP contribution in [0.15, 0.2) is 12.1 Å². The van der Waals surface area contributed by atoms with Gasteiger partial charge in [-0.3, -0.25) is 9.59 Å². The van der Waals surface area contributed by atoms with E-state index >= 15 is 0 Å². The number of likely N-dealkylation sites (tertiary alicyclic amines) is 1. The molecule has 5 nitrogen and oxygen atoms in total. The molecule has 20 heavy (non-hydrogen) atoms. The molecule has 0 bridgehead atoms. The minimum Gasteiger partial charge on any atom is -0.496 e. The van der Waals surface area contributed by atoms with E-state index in [1.807, 2.05) is 0 Å². The highest BCUT2D eigenvalue weighted by atomic mass is 35.5.